The molecule has 0 radical (unpaired) electrons. The zero-order valence-electron chi connectivity index (χ0n) is 17.1. The van der Waals surface area contributed by atoms with E-state index in [1.807, 2.05) is 4.57 Å². The molecule has 1 atom stereocenters. The van der Waals surface area contributed by atoms with Crippen LogP contribution in [-0.2, 0) is 27.4 Å². The summed E-state index contributed by atoms with van der Waals surface area (Å²) >= 11 is 0. The van der Waals surface area contributed by atoms with E-state index in [9.17, 15) is 13.8 Å². The monoisotopic (exact) mass is 447 g/mol. The Bertz CT molecular complexity index is 1080. The highest BCUT2D eigenvalue weighted by Gasteiger charge is 2.42. The highest BCUT2D eigenvalue weighted by Crippen LogP contribution is 2.36. The van der Waals surface area contributed by atoms with Crippen molar-refractivity contribution in [1.29, 1.82) is 0 Å². The Morgan fingerprint density at radius 1 is 1.32 bits per heavy atom. The fourth-order valence-electron chi connectivity index (χ4n) is 4.65. The Labute approximate surface area is 179 Å². The molecule has 3 aliphatic rings. The van der Waals surface area contributed by atoms with Crippen molar-refractivity contribution in [3.05, 3.63) is 36.1 Å². The van der Waals surface area contributed by atoms with Crippen molar-refractivity contribution in [3.8, 4) is 0 Å². The van der Waals surface area contributed by atoms with Crippen LogP contribution in [0.3, 0.4) is 0 Å². The van der Waals surface area contributed by atoms with Crippen molar-refractivity contribution in [2.45, 2.75) is 56.7 Å². The lowest BCUT2D eigenvalue weighted by atomic mass is 9.85. The van der Waals surface area contributed by atoms with Gasteiger partial charge in [-0.1, -0.05) is 0 Å². The molecule has 0 bridgehead atoms. The number of ether oxygens (including phenoxy) is 1. The lowest BCUT2D eigenvalue weighted by molar-refractivity contribution is -0.0925. The van der Waals surface area contributed by atoms with Crippen molar-refractivity contribution >= 4 is 21.5 Å². The summed E-state index contributed by atoms with van der Waals surface area (Å²) in [6.07, 6.45) is 8.62. The first-order chi connectivity index (χ1) is 14.9. The van der Waals surface area contributed by atoms with Crippen molar-refractivity contribution in [3.63, 3.8) is 0 Å². The number of amides is 2. The second kappa shape index (κ2) is 7.86. The van der Waals surface area contributed by atoms with E-state index in [-0.39, 0.29) is 23.4 Å². The molecule has 11 heteroatoms. The van der Waals surface area contributed by atoms with Gasteiger partial charge in [-0.05, 0) is 32.1 Å². The molecule has 2 saturated heterocycles. The largest absolute Gasteiger partial charge is 0.438 e. The van der Waals surface area contributed by atoms with E-state index in [1.165, 1.54) is 12.6 Å². The summed E-state index contributed by atoms with van der Waals surface area (Å²) in [5, 5.41) is 2.97. The molecule has 5 rings (SSSR count). The lowest BCUT2D eigenvalue weighted by Gasteiger charge is -2.44. The van der Waals surface area contributed by atoms with Gasteiger partial charge in [0.1, 0.15) is 11.5 Å². The summed E-state index contributed by atoms with van der Waals surface area (Å²) in [5.41, 5.74) is -0.172. The third kappa shape index (κ3) is 4.16. The Hall–Kier alpha value is -2.53. The molecule has 5 heterocycles. The van der Waals surface area contributed by atoms with E-state index in [0.29, 0.717) is 43.8 Å². The van der Waals surface area contributed by atoms with Crippen molar-refractivity contribution in [2.75, 3.05) is 18.1 Å². The van der Waals surface area contributed by atoms with Crippen LogP contribution in [0.15, 0.2) is 27.6 Å². The minimum atomic E-state index is -2.65. The molecule has 0 aliphatic carbocycles. The number of oxazole rings is 1. The first kappa shape index (κ1) is 20.4. The standard InChI is InChI=1S/C20H25N5O5S/c26-18(15-12-25-6-1-2-17(25)23-15)24-31(28)8-4-20(5-9-31)10-14(3-7-30-20)22-19(27)16-11-21-13-29-16/h11-14H,1-10H2,(H,22,27). The zero-order chi connectivity index (χ0) is 21.5. The fourth-order valence-corrected chi connectivity index (χ4v) is 6.81. The molecule has 31 heavy (non-hydrogen) atoms. The van der Waals surface area contributed by atoms with Crippen molar-refractivity contribution < 1.29 is 23.0 Å². The third-order valence-electron chi connectivity index (χ3n) is 6.36. The number of aromatic nitrogens is 3. The SMILES string of the molecule is O=C(N=S1(=O)CCC2(CC1)CC(NC(=O)c1cnco1)CCO2)c1cn2c(n1)CCC2. The average molecular weight is 448 g/mol. The van der Waals surface area contributed by atoms with Crippen LogP contribution in [0.4, 0.5) is 0 Å². The number of carbonyl (C=O) groups excluding carboxylic acids is 2. The predicted octanol–water partition coefficient (Wildman–Crippen LogP) is 1.57. The topological polar surface area (TPSA) is 129 Å². The van der Waals surface area contributed by atoms with Crippen molar-refractivity contribution in [1.82, 2.24) is 19.9 Å². The zero-order valence-corrected chi connectivity index (χ0v) is 17.9. The molecule has 2 aromatic heterocycles. The summed E-state index contributed by atoms with van der Waals surface area (Å²) in [5.74, 6) is 0.876. The van der Waals surface area contributed by atoms with Gasteiger partial charge in [-0.3, -0.25) is 9.59 Å². The maximum Gasteiger partial charge on any atom is 0.305 e. The van der Waals surface area contributed by atoms with E-state index in [4.69, 9.17) is 9.15 Å². The van der Waals surface area contributed by atoms with E-state index < -0.39 is 21.2 Å². The summed E-state index contributed by atoms with van der Waals surface area (Å²) < 4.78 is 30.4. The molecular formula is C20H25N5O5S. The molecule has 3 aliphatic heterocycles. The average Bonchev–Trinajstić information content (AvgIpc) is 3.48. The van der Waals surface area contributed by atoms with Crippen molar-refractivity contribution in [2.24, 2.45) is 4.36 Å². The second-order valence-corrected chi connectivity index (χ2v) is 11.0. The molecule has 1 N–H and O–H groups in total. The normalized spacial score (nSPS) is 30.1. The molecular weight excluding hydrogens is 422 g/mol. The summed E-state index contributed by atoms with van der Waals surface area (Å²) in [7, 11) is -2.65. The summed E-state index contributed by atoms with van der Waals surface area (Å²) in [6.45, 7) is 1.37. The van der Waals surface area contributed by atoms with Gasteiger partial charge < -0.3 is 19.0 Å². The quantitative estimate of drug-likeness (QED) is 0.756. The van der Waals surface area contributed by atoms with E-state index in [0.717, 1.165) is 25.2 Å². The summed E-state index contributed by atoms with van der Waals surface area (Å²) in [4.78, 5) is 32.9. The number of imidazole rings is 1. The molecule has 2 aromatic rings. The number of fused-ring (bicyclic) bond motifs is 1. The Morgan fingerprint density at radius 3 is 2.90 bits per heavy atom. The Kier molecular flexibility index (Phi) is 5.17. The number of nitrogens with zero attached hydrogens (tertiary/aromatic N) is 4. The van der Waals surface area contributed by atoms with Crippen LogP contribution in [-0.4, -0.2) is 60.3 Å². The van der Waals surface area contributed by atoms with Crippen LogP contribution in [0.2, 0.25) is 0 Å². The summed E-state index contributed by atoms with van der Waals surface area (Å²) in [6, 6.07) is -0.0630. The molecule has 2 fully saturated rings. The first-order valence-corrected chi connectivity index (χ1v) is 12.5. The predicted molar refractivity (Wildman–Crippen MR) is 110 cm³/mol. The van der Waals surface area contributed by atoms with Crippen LogP contribution in [0.25, 0.3) is 0 Å². The minimum Gasteiger partial charge on any atom is -0.438 e. The molecule has 0 saturated carbocycles. The number of rotatable bonds is 3. The molecule has 1 unspecified atom stereocenters. The van der Waals surface area contributed by atoms with E-state index >= 15 is 0 Å². The highest BCUT2D eigenvalue weighted by atomic mass is 32.2. The van der Waals surface area contributed by atoms with Crippen LogP contribution >= 0.6 is 0 Å². The van der Waals surface area contributed by atoms with Gasteiger partial charge in [0.05, 0.1) is 21.5 Å². The number of aryl methyl sites for hydroxylation is 2. The van der Waals surface area contributed by atoms with Crippen LogP contribution in [0.5, 0.6) is 0 Å². The molecule has 166 valence electrons. The van der Waals surface area contributed by atoms with Gasteiger partial charge in [-0.2, -0.15) is 4.36 Å². The van der Waals surface area contributed by atoms with Gasteiger partial charge in [-0.25, -0.2) is 14.2 Å². The molecule has 1 spiro atoms. The lowest BCUT2D eigenvalue weighted by Crippen LogP contribution is -2.51. The molecule has 2 amide bonds. The van der Waals surface area contributed by atoms with Gasteiger partial charge in [0, 0.05) is 43.3 Å². The smallest absolute Gasteiger partial charge is 0.305 e. The van der Waals surface area contributed by atoms with Gasteiger partial charge in [0.25, 0.3) is 5.91 Å². The van der Waals surface area contributed by atoms with Gasteiger partial charge in [0.2, 0.25) is 5.76 Å². The van der Waals surface area contributed by atoms with Gasteiger partial charge >= 0.3 is 5.91 Å². The van der Waals surface area contributed by atoms with Crippen LogP contribution in [0.1, 0.15) is 59.0 Å². The van der Waals surface area contributed by atoms with Gasteiger partial charge in [0.15, 0.2) is 6.39 Å². The van der Waals surface area contributed by atoms with E-state index in [1.54, 1.807) is 6.20 Å². The minimum absolute atomic E-state index is 0.0630. The van der Waals surface area contributed by atoms with Crippen LogP contribution < -0.4 is 5.32 Å². The van der Waals surface area contributed by atoms with E-state index in [2.05, 4.69) is 19.6 Å². The Morgan fingerprint density at radius 2 is 2.16 bits per heavy atom. The second-order valence-electron chi connectivity index (χ2n) is 8.48. The number of carbonyl (C=O) groups is 2. The number of hydrogen-bond donors (Lipinski definition) is 1. The van der Waals surface area contributed by atoms with Gasteiger partial charge in [-0.15, -0.1) is 0 Å². The molecule has 0 aromatic carbocycles. The third-order valence-corrected chi connectivity index (χ3v) is 8.55. The number of hydrogen-bond acceptors (Lipinski definition) is 7. The fraction of sp³-hybridized carbons (Fsp3) is 0.600. The van der Waals surface area contributed by atoms with Crippen LogP contribution in [0, 0.1) is 0 Å². The maximum atomic E-state index is 13.2. The first-order valence-electron chi connectivity index (χ1n) is 10.6. The Balaban J connectivity index is 1.23. The highest BCUT2D eigenvalue weighted by molar-refractivity contribution is 7.93. The maximum absolute atomic E-state index is 13.2. The number of nitrogens with one attached hydrogen (secondary N) is 1. The molecule has 10 nitrogen and oxygen atoms in total.